The van der Waals surface area contributed by atoms with Gasteiger partial charge in [-0.3, -0.25) is 9.48 Å². The highest BCUT2D eigenvalue weighted by Gasteiger charge is 2.28. The molecule has 1 aliphatic rings. The molecule has 8 nitrogen and oxygen atoms in total. The van der Waals surface area contributed by atoms with Crippen LogP contribution in [0.5, 0.6) is 5.75 Å². The lowest BCUT2D eigenvalue weighted by Crippen LogP contribution is -2.13. The van der Waals surface area contributed by atoms with E-state index in [1.807, 2.05) is 0 Å². The summed E-state index contributed by atoms with van der Waals surface area (Å²) >= 11 is 6.47. The number of rotatable bonds is 5. The molecule has 4 aromatic rings. The van der Waals surface area contributed by atoms with E-state index in [2.05, 4.69) is 21.4 Å². The van der Waals surface area contributed by atoms with Crippen molar-refractivity contribution in [1.82, 2.24) is 20.0 Å². The molecule has 10 heteroatoms. The lowest BCUT2D eigenvalue weighted by Gasteiger charge is -2.14. The molecular weight excluding hydrogens is 447 g/mol. The first-order chi connectivity index (χ1) is 15.9. The minimum atomic E-state index is -0.577. The highest BCUT2D eigenvalue weighted by atomic mass is 35.5. The van der Waals surface area contributed by atoms with Gasteiger partial charge in [-0.2, -0.15) is 15.5 Å². The molecule has 0 bridgehead atoms. The Morgan fingerprint density at radius 2 is 2.18 bits per heavy atom. The molecule has 3 N–H and O–H groups in total. The predicted octanol–water partition coefficient (Wildman–Crippen LogP) is 3.65. The van der Waals surface area contributed by atoms with Gasteiger partial charge in [0.2, 0.25) is 0 Å². The predicted molar refractivity (Wildman–Crippen MR) is 121 cm³/mol. The number of hydrogen-bond acceptors (Lipinski definition) is 6. The smallest absolute Gasteiger partial charge is 0.273 e. The lowest BCUT2D eigenvalue weighted by atomic mass is 9.95. The van der Waals surface area contributed by atoms with Crippen LogP contribution in [0.25, 0.3) is 33.2 Å². The van der Waals surface area contributed by atoms with Crippen LogP contribution < -0.4 is 16.0 Å². The van der Waals surface area contributed by atoms with E-state index in [-0.39, 0.29) is 34.2 Å². The zero-order chi connectivity index (χ0) is 23.3. The number of nitrogens with two attached hydrogens (primary N) is 1. The fourth-order valence-corrected chi connectivity index (χ4v) is 4.23. The minimum absolute atomic E-state index is 0.0426. The Morgan fingerprint density at radius 1 is 1.39 bits per heavy atom. The number of aryl methyl sites for hydroxylation is 1. The van der Waals surface area contributed by atoms with Crippen LogP contribution >= 0.6 is 11.6 Å². The Hall–Kier alpha value is -3.74. The molecule has 166 valence electrons. The molecule has 1 fully saturated rings. The molecule has 5 rings (SSSR count). The zero-order valence-electron chi connectivity index (χ0n) is 17.5. The summed E-state index contributed by atoms with van der Waals surface area (Å²) in [7, 11) is 1.66. The van der Waals surface area contributed by atoms with Crippen molar-refractivity contribution in [2.75, 3.05) is 0 Å². The number of halogens is 2. The SMILES string of the molecule is Cn1ncc(-c2cc(Cl)c3c(=O)[nH]nc(CN)c3c2)c1-c1c(F)ccc(OC2CC2)c1C#N. The van der Waals surface area contributed by atoms with Gasteiger partial charge in [-0.05, 0) is 42.7 Å². The highest BCUT2D eigenvalue weighted by molar-refractivity contribution is 6.36. The van der Waals surface area contributed by atoms with Gasteiger partial charge in [0.05, 0.1) is 39.7 Å². The molecule has 0 spiro atoms. The number of ether oxygens (including phenoxy) is 1. The number of nitrogens with zero attached hydrogens (tertiary/aromatic N) is 4. The molecule has 0 radical (unpaired) electrons. The summed E-state index contributed by atoms with van der Waals surface area (Å²) in [5.41, 5.74) is 7.51. The van der Waals surface area contributed by atoms with E-state index >= 15 is 4.39 Å². The first-order valence-corrected chi connectivity index (χ1v) is 10.6. The average Bonchev–Trinajstić information content (AvgIpc) is 3.54. The number of H-pyrrole nitrogens is 1. The largest absolute Gasteiger partial charge is 0.489 e. The van der Waals surface area contributed by atoms with Gasteiger partial charge in [-0.25, -0.2) is 9.49 Å². The fourth-order valence-electron chi connectivity index (χ4n) is 3.92. The summed E-state index contributed by atoms with van der Waals surface area (Å²) in [6.07, 6.45) is 3.41. The number of fused-ring (bicyclic) bond motifs is 1. The Labute approximate surface area is 192 Å². The van der Waals surface area contributed by atoms with Crippen molar-refractivity contribution in [3.8, 4) is 34.2 Å². The number of benzene rings is 2. The lowest BCUT2D eigenvalue weighted by molar-refractivity contribution is 0.302. The maximum absolute atomic E-state index is 15.2. The third-order valence-corrected chi connectivity index (χ3v) is 5.94. The molecule has 2 aromatic heterocycles. The topological polar surface area (TPSA) is 123 Å². The van der Waals surface area contributed by atoms with Crippen molar-refractivity contribution in [2.45, 2.75) is 25.5 Å². The molecule has 2 aromatic carbocycles. The van der Waals surface area contributed by atoms with Crippen LogP contribution in [-0.2, 0) is 13.6 Å². The van der Waals surface area contributed by atoms with E-state index in [1.165, 1.54) is 16.8 Å². The third-order valence-electron chi connectivity index (χ3n) is 5.65. The molecule has 1 saturated carbocycles. The van der Waals surface area contributed by atoms with E-state index in [0.717, 1.165) is 12.8 Å². The Bertz CT molecular complexity index is 1520. The van der Waals surface area contributed by atoms with Crippen molar-refractivity contribution in [2.24, 2.45) is 12.8 Å². The van der Waals surface area contributed by atoms with Crippen LogP contribution in [0.15, 0.2) is 35.3 Å². The van der Waals surface area contributed by atoms with E-state index < -0.39 is 11.4 Å². The van der Waals surface area contributed by atoms with Crippen molar-refractivity contribution < 1.29 is 9.13 Å². The first-order valence-electron chi connectivity index (χ1n) is 10.3. The Balaban J connectivity index is 1.77. The van der Waals surface area contributed by atoms with Crippen LogP contribution in [0.4, 0.5) is 4.39 Å². The van der Waals surface area contributed by atoms with Crippen molar-refractivity contribution in [3.05, 3.63) is 62.9 Å². The molecule has 0 unspecified atom stereocenters. The second-order valence-corrected chi connectivity index (χ2v) is 8.25. The minimum Gasteiger partial charge on any atom is -0.489 e. The summed E-state index contributed by atoms with van der Waals surface area (Å²) in [4.78, 5) is 12.3. The molecular formula is C23H18ClFN6O2. The van der Waals surface area contributed by atoms with E-state index in [4.69, 9.17) is 22.1 Å². The number of aromatic nitrogens is 4. The van der Waals surface area contributed by atoms with Gasteiger partial charge in [0.15, 0.2) is 0 Å². The maximum Gasteiger partial charge on any atom is 0.273 e. The van der Waals surface area contributed by atoms with Crippen LogP contribution in [0.3, 0.4) is 0 Å². The number of nitriles is 1. The van der Waals surface area contributed by atoms with Gasteiger partial charge in [0, 0.05) is 24.5 Å². The molecule has 1 aliphatic carbocycles. The standard InChI is InChI=1S/C23H18ClFN6O2/c1-31-22(21-14(8-26)19(5-4-17(21)25)33-12-2-3-12)15(10-28-31)11-6-13-18(9-27)29-30-23(32)20(13)16(24)7-11/h4-7,10,12H,2-3,9,27H2,1H3,(H,30,32). The van der Waals surface area contributed by atoms with E-state index in [0.29, 0.717) is 33.7 Å². The first kappa shape index (κ1) is 21.1. The van der Waals surface area contributed by atoms with Gasteiger partial charge >= 0.3 is 0 Å². The van der Waals surface area contributed by atoms with E-state index in [1.54, 1.807) is 25.4 Å². The summed E-state index contributed by atoms with van der Waals surface area (Å²) in [5.74, 6) is -0.242. The highest BCUT2D eigenvalue weighted by Crippen LogP contribution is 2.41. The zero-order valence-corrected chi connectivity index (χ0v) is 18.3. The van der Waals surface area contributed by atoms with Gasteiger partial charge in [-0.1, -0.05) is 11.6 Å². The van der Waals surface area contributed by atoms with E-state index in [9.17, 15) is 10.1 Å². The van der Waals surface area contributed by atoms with Crippen LogP contribution in [0.1, 0.15) is 24.1 Å². The van der Waals surface area contributed by atoms with Gasteiger partial charge in [0.1, 0.15) is 23.2 Å². The second kappa shape index (κ2) is 7.99. The molecule has 0 saturated heterocycles. The van der Waals surface area contributed by atoms with Crippen molar-refractivity contribution >= 4 is 22.4 Å². The molecule has 33 heavy (non-hydrogen) atoms. The van der Waals surface area contributed by atoms with Crippen LogP contribution in [-0.4, -0.2) is 26.1 Å². The fraction of sp³-hybridized carbons (Fsp3) is 0.217. The maximum atomic E-state index is 15.2. The summed E-state index contributed by atoms with van der Waals surface area (Å²) in [6.45, 7) is 0.0840. The molecule has 2 heterocycles. The Morgan fingerprint density at radius 3 is 2.88 bits per heavy atom. The molecule has 0 atom stereocenters. The van der Waals surface area contributed by atoms with Crippen LogP contribution in [0.2, 0.25) is 5.02 Å². The summed E-state index contributed by atoms with van der Waals surface area (Å²) in [5, 5.41) is 21.6. The summed E-state index contributed by atoms with van der Waals surface area (Å²) in [6, 6.07) is 8.19. The quantitative estimate of drug-likeness (QED) is 0.464. The third kappa shape index (κ3) is 3.53. The second-order valence-electron chi connectivity index (χ2n) is 7.84. The van der Waals surface area contributed by atoms with Crippen LogP contribution in [0, 0.1) is 17.1 Å². The summed E-state index contributed by atoms with van der Waals surface area (Å²) < 4.78 is 22.5. The molecule has 0 aliphatic heterocycles. The van der Waals surface area contributed by atoms with Crippen molar-refractivity contribution in [3.63, 3.8) is 0 Å². The normalized spacial score (nSPS) is 13.3. The van der Waals surface area contributed by atoms with Crippen molar-refractivity contribution in [1.29, 1.82) is 5.26 Å². The average molecular weight is 465 g/mol. The van der Waals surface area contributed by atoms with Gasteiger partial charge < -0.3 is 10.5 Å². The number of nitrogens with one attached hydrogen (secondary N) is 1. The number of hydrogen-bond donors (Lipinski definition) is 2. The van der Waals surface area contributed by atoms with Gasteiger partial charge in [-0.15, -0.1) is 0 Å². The Kier molecular flexibility index (Phi) is 5.12. The number of aromatic amines is 1. The molecule has 0 amide bonds. The monoisotopic (exact) mass is 464 g/mol. The van der Waals surface area contributed by atoms with Gasteiger partial charge in [0.25, 0.3) is 5.56 Å².